The maximum absolute atomic E-state index is 12.3. The second-order valence-corrected chi connectivity index (χ2v) is 8.39. The van der Waals surface area contributed by atoms with Crippen molar-refractivity contribution < 1.29 is 9.53 Å². The number of carbonyl (C=O) groups is 1. The molecule has 1 aliphatic carbocycles. The summed E-state index contributed by atoms with van der Waals surface area (Å²) < 4.78 is 7.42. The minimum Gasteiger partial charge on any atom is -0.444 e. The van der Waals surface area contributed by atoms with Gasteiger partial charge in [-0.3, -0.25) is 4.68 Å². The van der Waals surface area contributed by atoms with Gasteiger partial charge in [0.1, 0.15) is 10.8 Å². The van der Waals surface area contributed by atoms with Gasteiger partial charge in [-0.2, -0.15) is 5.10 Å². The molecule has 3 heterocycles. The molecule has 2 aliphatic rings. The fraction of sp³-hybridized carbons (Fsp3) is 0.588. The van der Waals surface area contributed by atoms with E-state index >= 15 is 0 Å². The molecule has 4 rings (SSSR count). The van der Waals surface area contributed by atoms with Gasteiger partial charge in [-0.15, -0.1) is 0 Å². The van der Waals surface area contributed by atoms with E-state index in [-0.39, 0.29) is 11.5 Å². The Bertz CT molecular complexity index is 813. The van der Waals surface area contributed by atoms with Gasteiger partial charge in [0.15, 0.2) is 5.65 Å². The Morgan fingerprint density at radius 1 is 1.46 bits per heavy atom. The van der Waals surface area contributed by atoms with Crippen LogP contribution in [0.4, 0.5) is 4.79 Å². The van der Waals surface area contributed by atoms with Gasteiger partial charge < -0.3 is 9.64 Å². The molecule has 2 unspecified atom stereocenters. The van der Waals surface area contributed by atoms with Crippen LogP contribution in [-0.2, 0) is 11.3 Å². The van der Waals surface area contributed by atoms with E-state index in [0.29, 0.717) is 16.7 Å². The highest BCUT2D eigenvalue weighted by Gasteiger charge is 2.61. The Balaban J connectivity index is 1.46. The highest BCUT2D eigenvalue weighted by atomic mass is 35.5. The Labute approximate surface area is 145 Å². The third-order valence-corrected chi connectivity index (χ3v) is 5.03. The summed E-state index contributed by atoms with van der Waals surface area (Å²) in [5, 5.41) is 5.96. The first-order chi connectivity index (χ1) is 11.2. The van der Waals surface area contributed by atoms with Crippen LogP contribution in [0.5, 0.6) is 0 Å². The van der Waals surface area contributed by atoms with Gasteiger partial charge in [-0.25, -0.2) is 9.78 Å². The van der Waals surface area contributed by atoms with Gasteiger partial charge in [0, 0.05) is 36.6 Å². The van der Waals surface area contributed by atoms with Crippen molar-refractivity contribution >= 4 is 28.7 Å². The van der Waals surface area contributed by atoms with Gasteiger partial charge in [-0.05, 0) is 45.2 Å². The molecule has 1 saturated carbocycles. The highest BCUT2D eigenvalue weighted by Crippen LogP contribution is 2.58. The molecular formula is C17H21ClN4O2. The molecule has 1 saturated heterocycles. The van der Waals surface area contributed by atoms with E-state index in [1.165, 1.54) is 0 Å². The first kappa shape index (κ1) is 15.7. The molecule has 0 N–H and O–H groups in total. The number of hydrogen-bond acceptors (Lipinski definition) is 4. The van der Waals surface area contributed by atoms with Crippen molar-refractivity contribution in [1.82, 2.24) is 19.7 Å². The van der Waals surface area contributed by atoms with Crippen LogP contribution in [0.15, 0.2) is 18.3 Å². The smallest absolute Gasteiger partial charge is 0.410 e. The average molecular weight is 349 g/mol. The van der Waals surface area contributed by atoms with Crippen LogP contribution < -0.4 is 0 Å². The molecule has 2 aromatic heterocycles. The number of likely N-dealkylation sites (tertiary alicyclic amines) is 1. The Morgan fingerprint density at radius 3 is 3.00 bits per heavy atom. The largest absolute Gasteiger partial charge is 0.444 e. The lowest BCUT2D eigenvalue weighted by molar-refractivity contribution is 0.0258. The SMILES string of the molecule is CC(C)(C)OC(=O)N1CC2CC2(Cn2cc3ccc(Cl)nc3n2)C1. The fourth-order valence-electron chi connectivity index (χ4n) is 3.64. The zero-order valence-electron chi connectivity index (χ0n) is 14.1. The Hall–Kier alpha value is -1.82. The molecule has 0 aromatic carbocycles. The molecule has 1 amide bonds. The maximum atomic E-state index is 12.3. The molecule has 6 nitrogen and oxygen atoms in total. The minimum atomic E-state index is -0.457. The molecule has 1 aliphatic heterocycles. The van der Waals surface area contributed by atoms with Crippen molar-refractivity contribution in [1.29, 1.82) is 0 Å². The van der Waals surface area contributed by atoms with Crippen LogP contribution in [0.3, 0.4) is 0 Å². The number of nitrogens with zero attached hydrogens (tertiary/aromatic N) is 4. The molecule has 2 fully saturated rings. The zero-order chi connectivity index (χ0) is 17.1. The fourth-order valence-corrected chi connectivity index (χ4v) is 3.78. The summed E-state index contributed by atoms with van der Waals surface area (Å²) in [6.45, 7) is 7.99. The molecular weight excluding hydrogens is 328 g/mol. The standard InChI is InChI=1S/C17H21ClN4O2/c1-16(2,3)24-15(23)21-8-12-6-17(12,9-21)10-22-7-11-4-5-13(18)19-14(11)20-22/h4-5,7,12H,6,8-10H2,1-3H3. The summed E-state index contributed by atoms with van der Waals surface area (Å²) in [5.41, 5.74) is 0.336. The van der Waals surface area contributed by atoms with Crippen molar-refractivity contribution in [3.05, 3.63) is 23.5 Å². The topological polar surface area (TPSA) is 60.2 Å². The number of ether oxygens (including phenoxy) is 1. The molecule has 2 atom stereocenters. The van der Waals surface area contributed by atoms with Crippen LogP contribution in [0, 0.1) is 11.3 Å². The predicted molar refractivity (Wildman–Crippen MR) is 90.9 cm³/mol. The quantitative estimate of drug-likeness (QED) is 0.781. The summed E-state index contributed by atoms with van der Waals surface area (Å²) in [6, 6.07) is 3.70. The van der Waals surface area contributed by atoms with Gasteiger partial charge in [0.2, 0.25) is 0 Å². The molecule has 7 heteroatoms. The summed E-state index contributed by atoms with van der Waals surface area (Å²) in [4.78, 5) is 18.3. The normalized spacial score (nSPS) is 25.8. The third kappa shape index (κ3) is 2.83. The number of carbonyl (C=O) groups excluding carboxylic acids is 1. The molecule has 0 radical (unpaired) electrons. The first-order valence-corrected chi connectivity index (χ1v) is 8.60. The number of hydrogen-bond donors (Lipinski definition) is 0. The van der Waals surface area contributed by atoms with Crippen molar-refractivity contribution in [3.63, 3.8) is 0 Å². The molecule has 128 valence electrons. The Morgan fingerprint density at radius 2 is 2.25 bits per heavy atom. The van der Waals surface area contributed by atoms with E-state index in [1.54, 1.807) is 6.07 Å². The Kier molecular flexibility index (Phi) is 3.33. The number of aromatic nitrogens is 3. The highest BCUT2D eigenvalue weighted by molar-refractivity contribution is 6.29. The van der Waals surface area contributed by atoms with Crippen LogP contribution in [0.1, 0.15) is 27.2 Å². The molecule has 0 spiro atoms. The van der Waals surface area contributed by atoms with Crippen molar-refractivity contribution in [2.45, 2.75) is 39.3 Å². The summed E-state index contributed by atoms with van der Waals surface area (Å²) >= 11 is 5.92. The zero-order valence-corrected chi connectivity index (χ0v) is 14.9. The second kappa shape index (κ2) is 5.09. The second-order valence-electron chi connectivity index (χ2n) is 8.00. The minimum absolute atomic E-state index is 0.128. The lowest BCUT2D eigenvalue weighted by Gasteiger charge is -2.26. The van der Waals surface area contributed by atoms with Gasteiger partial charge in [0.05, 0.1) is 0 Å². The van der Waals surface area contributed by atoms with Crippen LogP contribution >= 0.6 is 11.6 Å². The number of amides is 1. The van der Waals surface area contributed by atoms with Crippen LogP contribution in [0.2, 0.25) is 5.15 Å². The van der Waals surface area contributed by atoms with E-state index < -0.39 is 5.60 Å². The van der Waals surface area contributed by atoms with Crippen molar-refractivity contribution in [3.8, 4) is 0 Å². The van der Waals surface area contributed by atoms with Crippen molar-refractivity contribution in [2.24, 2.45) is 11.3 Å². The predicted octanol–water partition coefficient (Wildman–Crippen LogP) is 3.34. The summed E-state index contributed by atoms with van der Waals surface area (Å²) in [5.74, 6) is 0.536. The molecule has 24 heavy (non-hydrogen) atoms. The van der Waals surface area contributed by atoms with Gasteiger partial charge in [-0.1, -0.05) is 11.6 Å². The van der Waals surface area contributed by atoms with Crippen LogP contribution in [0.25, 0.3) is 11.0 Å². The number of piperidine rings is 1. The van der Waals surface area contributed by atoms with E-state index in [4.69, 9.17) is 16.3 Å². The van der Waals surface area contributed by atoms with Crippen molar-refractivity contribution in [2.75, 3.05) is 13.1 Å². The molecule has 0 bridgehead atoms. The summed E-state index contributed by atoms with van der Waals surface area (Å²) in [7, 11) is 0. The first-order valence-electron chi connectivity index (χ1n) is 8.22. The number of rotatable bonds is 2. The number of fused-ring (bicyclic) bond motifs is 2. The maximum Gasteiger partial charge on any atom is 0.410 e. The molecule has 2 aromatic rings. The van der Waals surface area contributed by atoms with E-state index in [2.05, 4.69) is 10.1 Å². The number of halogens is 1. The van der Waals surface area contributed by atoms with Crippen LogP contribution in [-0.4, -0.2) is 44.4 Å². The van der Waals surface area contributed by atoms with E-state index in [9.17, 15) is 4.79 Å². The van der Waals surface area contributed by atoms with E-state index in [1.807, 2.05) is 42.6 Å². The third-order valence-electron chi connectivity index (χ3n) is 4.82. The van der Waals surface area contributed by atoms with Gasteiger partial charge >= 0.3 is 6.09 Å². The van der Waals surface area contributed by atoms with Gasteiger partial charge in [0.25, 0.3) is 0 Å². The number of pyridine rings is 1. The lowest BCUT2D eigenvalue weighted by Crippen LogP contribution is -2.37. The summed E-state index contributed by atoms with van der Waals surface area (Å²) in [6.07, 6.45) is 2.92. The monoisotopic (exact) mass is 348 g/mol. The lowest BCUT2D eigenvalue weighted by atomic mass is 10.1. The van der Waals surface area contributed by atoms with E-state index in [0.717, 1.165) is 31.4 Å². The average Bonchev–Trinajstić information content (AvgIpc) is 2.82.